The summed E-state index contributed by atoms with van der Waals surface area (Å²) in [5.41, 5.74) is 1.70. The van der Waals surface area contributed by atoms with Crippen LogP contribution in [0, 0.1) is 6.92 Å². The van der Waals surface area contributed by atoms with Crippen LogP contribution < -0.4 is 10.2 Å². The summed E-state index contributed by atoms with van der Waals surface area (Å²) in [6.07, 6.45) is 3.10. The van der Waals surface area contributed by atoms with Crippen LogP contribution in [0.4, 0.5) is 11.5 Å². The molecular formula is C14H17Cl2N7. The standard InChI is InChI=1S/C14H17Cl2N7/c1-7-10(15)11-14(18-12(7)16)23(6-17-11)9-4-3-8(5-9)13-19-21-22(2)20-13/h8-9,17H,3-6H2,1-2H3. The number of fused-ring (bicyclic) bond motifs is 1. The van der Waals surface area contributed by atoms with E-state index >= 15 is 0 Å². The molecule has 0 radical (unpaired) electrons. The second-order valence-electron chi connectivity index (χ2n) is 6.15. The average molecular weight is 354 g/mol. The Morgan fingerprint density at radius 2 is 2.09 bits per heavy atom. The number of halogens is 2. The minimum atomic E-state index is 0.342. The molecule has 1 fully saturated rings. The molecule has 2 atom stereocenters. The first-order chi connectivity index (χ1) is 11.0. The van der Waals surface area contributed by atoms with Crippen molar-refractivity contribution in [2.45, 2.75) is 38.1 Å². The highest BCUT2D eigenvalue weighted by atomic mass is 35.5. The summed E-state index contributed by atoms with van der Waals surface area (Å²) in [4.78, 5) is 8.30. The summed E-state index contributed by atoms with van der Waals surface area (Å²) in [6.45, 7) is 2.58. The fourth-order valence-corrected chi connectivity index (χ4v) is 3.92. The lowest BCUT2D eigenvalue weighted by Gasteiger charge is -2.25. The van der Waals surface area contributed by atoms with Gasteiger partial charge in [0.25, 0.3) is 0 Å². The summed E-state index contributed by atoms with van der Waals surface area (Å²) in [6, 6.07) is 0.375. The molecule has 3 heterocycles. The van der Waals surface area contributed by atoms with Gasteiger partial charge in [0, 0.05) is 17.5 Å². The SMILES string of the molecule is Cc1c(Cl)nc2c(c1Cl)NCN2C1CCC(c2nnn(C)n2)C1. The van der Waals surface area contributed by atoms with Crippen molar-refractivity contribution in [2.24, 2.45) is 7.05 Å². The molecule has 9 heteroatoms. The zero-order chi connectivity index (χ0) is 16.1. The fourth-order valence-electron chi connectivity index (χ4n) is 3.45. The van der Waals surface area contributed by atoms with Crippen molar-refractivity contribution >= 4 is 34.7 Å². The van der Waals surface area contributed by atoms with Gasteiger partial charge in [-0.1, -0.05) is 23.2 Å². The lowest BCUT2D eigenvalue weighted by atomic mass is 10.1. The van der Waals surface area contributed by atoms with E-state index in [-0.39, 0.29) is 0 Å². The van der Waals surface area contributed by atoms with Crippen molar-refractivity contribution in [1.82, 2.24) is 25.2 Å². The topological polar surface area (TPSA) is 71.8 Å². The van der Waals surface area contributed by atoms with Gasteiger partial charge in [0.15, 0.2) is 11.6 Å². The number of hydrogen-bond donors (Lipinski definition) is 1. The number of rotatable bonds is 2. The van der Waals surface area contributed by atoms with E-state index in [9.17, 15) is 0 Å². The highest BCUT2D eigenvalue weighted by molar-refractivity contribution is 6.38. The predicted molar refractivity (Wildman–Crippen MR) is 89.1 cm³/mol. The molecule has 1 N–H and O–H groups in total. The van der Waals surface area contributed by atoms with Crippen LogP contribution in [0.3, 0.4) is 0 Å². The maximum atomic E-state index is 6.40. The number of hydrogen-bond acceptors (Lipinski definition) is 6. The first kappa shape index (κ1) is 15.0. The summed E-state index contributed by atoms with van der Waals surface area (Å²) < 4.78 is 0. The third kappa shape index (κ3) is 2.42. The quantitative estimate of drug-likeness (QED) is 0.837. The molecule has 7 nitrogen and oxygen atoms in total. The lowest BCUT2D eigenvalue weighted by Crippen LogP contribution is -2.33. The Kier molecular flexibility index (Phi) is 3.57. The van der Waals surface area contributed by atoms with E-state index in [0.717, 1.165) is 42.2 Å². The van der Waals surface area contributed by atoms with Crippen LogP contribution in [0.1, 0.15) is 36.6 Å². The van der Waals surface area contributed by atoms with Crippen molar-refractivity contribution in [3.63, 3.8) is 0 Å². The molecule has 0 spiro atoms. The molecule has 0 bridgehead atoms. The molecule has 1 aliphatic heterocycles. The van der Waals surface area contributed by atoms with Crippen molar-refractivity contribution in [3.8, 4) is 0 Å². The Bertz CT molecular complexity index is 760. The van der Waals surface area contributed by atoms with Gasteiger partial charge in [0.05, 0.1) is 24.4 Å². The number of nitrogens with zero attached hydrogens (tertiary/aromatic N) is 6. The van der Waals surface area contributed by atoms with Crippen molar-refractivity contribution < 1.29 is 0 Å². The zero-order valence-electron chi connectivity index (χ0n) is 12.9. The molecule has 0 amide bonds. The third-order valence-corrected chi connectivity index (χ3v) is 5.56. The van der Waals surface area contributed by atoms with Gasteiger partial charge in [-0.25, -0.2) is 4.98 Å². The number of pyridine rings is 1. The van der Waals surface area contributed by atoms with E-state index in [1.807, 2.05) is 6.92 Å². The molecule has 2 unspecified atom stereocenters. The molecule has 0 saturated heterocycles. The normalized spacial score (nSPS) is 23.2. The van der Waals surface area contributed by atoms with Crippen LogP contribution in [0.2, 0.25) is 10.2 Å². The highest BCUT2D eigenvalue weighted by Crippen LogP contribution is 2.44. The Labute approximate surface area is 144 Å². The molecule has 2 aromatic rings. The second-order valence-corrected chi connectivity index (χ2v) is 6.88. The number of aromatic nitrogens is 5. The van der Waals surface area contributed by atoms with E-state index in [2.05, 4.69) is 30.6 Å². The average Bonchev–Trinajstić information content (AvgIpc) is 3.23. The molecule has 1 saturated carbocycles. The maximum absolute atomic E-state index is 6.40. The molecule has 2 aliphatic rings. The van der Waals surface area contributed by atoms with Crippen molar-refractivity contribution in [2.75, 3.05) is 16.9 Å². The zero-order valence-corrected chi connectivity index (χ0v) is 14.4. The van der Waals surface area contributed by atoms with Gasteiger partial charge in [-0.2, -0.15) is 4.80 Å². The van der Waals surface area contributed by atoms with Crippen LogP contribution >= 0.6 is 23.2 Å². The minimum absolute atomic E-state index is 0.342. The maximum Gasteiger partial charge on any atom is 0.177 e. The molecule has 122 valence electrons. The van der Waals surface area contributed by atoms with Gasteiger partial charge in [0.2, 0.25) is 0 Å². The van der Waals surface area contributed by atoms with E-state index in [1.54, 1.807) is 7.05 Å². The summed E-state index contributed by atoms with van der Waals surface area (Å²) in [5.74, 6) is 2.02. The van der Waals surface area contributed by atoms with E-state index in [0.29, 0.717) is 28.8 Å². The predicted octanol–water partition coefficient (Wildman–Crippen LogP) is 2.75. The van der Waals surface area contributed by atoms with Crippen LogP contribution in [0.5, 0.6) is 0 Å². The monoisotopic (exact) mass is 353 g/mol. The molecular weight excluding hydrogens is 337 g/mol. The van der Waals surface area contributed by atoms with Crippen molar-refractivity contribution in [3.05, 3.63) is 21.6 Å². The fraction of sp³-hybridized carbons (Fsp3) is 0.571. The highest BCUT2D eigenvalue weighted by Gasteiger charge is 2.37. The van der Waals surface area contributed by atoms with Gasteiger partial charge in [-0.15, -0.1) is 10.2 Å². The summed E-state index contributed by atoms with van der Waals surface area (Å²) >= 11 is 12.6. The second kappa shape index (κ2) is 5.49. The minimum Gasteiger partial charge on any atom is -0.363 e. The van der Waals surface area contributed by atoms with Crippen LogP contribution in [-0.2, 0) is 7.05 Å². The molecule has 1 aliphatic carbocycles. The van der Waals surface area contributed by atoms with Gasteiger partial charge >= 0.3 is 0 Å². The Morgan fingerprint density at radius 1 is 1.26 bits per heavy atom. The first-order valence-electron chi connectivity index (χ1n) is 7.64. The first-order valence-corrected chi connectivity index (χ1v) is 8.40. The van der Waals surface area contributed by atoms with Crippen LogP contribution in [0.25, 0.3) is 0 Å². The van der Waals surface area contributed by atoms with Gasteiger partial charge in [0.1, 0.15) is 5.15 Å². The summed E-state index contributed by atoms with van der Waals surface area (Å²) in [7, 11) is 1.79. The number of anilines is 2. The molecule has 0 aromatic carbocycles. The van der Waals surface area contributed by atoms with Crippen molar-refractivity contribution in [1.29, 1.82) is 0 Å². The Hall–Kier alpha value is -1.60. The summed E-state index contributed by atoms with van der Waals surface area (Å²) in [5, 5.41) is 16.9. The Morgan fingerprint density at radius 3 is 2.83 bits per heavy atom. The molecule has 4 rings (SSSR count). The number of nitrogens with one attached hydrogen (secondary N) is 1. The van der Waals surface area contributed by atoms with Gasteiger partial charge in [-0.3, -0.25) is 0 Å². The van der Waals surface area contributed by atoms with Gasteiger partial charge < -0.3 is 10.2 Å². The largest absolute Gasteiger partial charge is 0.363 e. The van der Waals surface area contributed by atoms with Crippen LogP contribution in [-0.4, -0.2) is 37.9 Å². The smallest absolute Gasteiger partial charge is 0.177 e. The van der Waals surface area contributed by atoms with E-state index in [1.165, 1.54) is 4.80 Å². The number of tetrazole rings is 1. The van der Waals surface area contributed by atoms with Crippen LogP contribution in [0.15, 0.2) is 0 Å². The van der Waals surface area contributed by atoms with Gasteiger partial charge in [-0.05, 0) is 31.4 Å². The molecule has 23 heavy (non-hydrogen) atoms. The van der Waals surface area contributed by atoms with E-state index < -0.39 is 0 Å². The Balaban J connectivity index is 1.58. The van der Waals surface area contributed by atoms with E-state index in [4.69, 9.17) is 23.2 Å². The lowest BCUT2D eigenvalue weighted by molar-refractivity contribution is 0.596. The number of aryl methyl sites for hydroxylation is 1. The third-order valence-electron chi connectivity index (χ3n) is 4.72. The molecule has 2 aromatic heterocycles.